The van der Waals surface area contributed by atoms with Crippen LogP contribution in [0.3, 0.4) is 0 Å². The highest BCUT2D eigenvalue weighted by Crippen LogP contribution is 2.56. The van der Waals surface area contributed by atoms with E-state index in [0.717, 1.165) is 18.9 Å². The van der Waals surface area contributed by atoms with E-state index in [1.807, 2.05) is 20.8 Å². The van der Waals surface area contributed by atoms with Gasteiger partial charge >= 0.3 is 0 Å². The van der Waals surface area contributed by atoms with Crippen molar-refractivity contribution in [1.82, 2.24) is 15.6 Å². The summed E-state index contributed by atoms with van der Waals surface area (Å²) >= 11 is 1.22. The third-order valence-corrected chi connectivity index (χ3v) is 6.94. The molecule has 3 rings (SSSR count). The molecule has 1 atom stereocenters. The predicted molar refractivity (Wildman–Crippen MR) is 112 cm³/mol. The number of aliphatic hydroxyl groups is 1. The molecule has 6 nitrogen and oxygen atoms in total. The molecule has 1 aromatic rings. The zero-order chi connectivity index (χ0) is 20.2. The van der Waals surface area contributed by atoms with Crippen molar-refractivity contribution in [2.24, 2.45) is 11.3 Å². The second-order valence-corrected chi connectivity index (χ2v) is 10.6. The van der Waals surface area contributed by atoms with Crippen molar-refractivity contribution in [1.29, 1.82) is 0 Å². The maximum Gasteiger partial charge on any atom is 0.273 e. The molecule has 2 aliphatic carbocycles. The number of amides is 1. The first-order valence-corrected chi connectivity index (χ1v) is 11.4. The van der Waals surface area contributed by atoms with Gasteiger partial charge in [0.05, 0.1) is 6.20 Å². The van der Waals surface area contributed by atoms with Gasteiger partial charge in [-0.3, -0.25) is 4.79 Å². The van der Waals surface area contributed by atoms with Crippen LogP contribution in [-0.4, -0.2) is 47.3 Å². The smallest absolute Gasteiger partial charge is 0.273 e. The highest BCUT2D eigenvalue weighted by molar-refractivity contribution is 7.15. The van der Waals surface area contributed by atoms with Gasteiger partial charge in [0.1, 0.15) is 17.6 Å². The average molecular weight is 410 g/mol. The van der Waals surface area contributed by atoms with E-state index in [-0.39, 0.29) is 18.1 Å². The van der Waals surface area contributed by atoms with Gasteiger partial charge in [-0.1, -0.05) is 11.3 Å². The molecule has 1 unspecified atom stereocenters. The highest BCUT2D eigenvalue weighted by atomic mass is 32.1. The number of carbonyl (C=O) groups excluding carboxylic acids is 1. The molecule has 28 heavy (non-hydrogen) atoms. The van der Waals surface area contributed by atoms with Gasteiger partial charge in [0.25, 0.3) is 11.1 Å². The molecule has 0 spiro atoms. The van der Waals surface area contributed by atoms with Crippen LogP contribution in [0.25, 0.3) is 0 Å². The summed E-state index contributed by atoms with van der Waals surface area (Å²) in [6, 6.07) is 0. The van der Waals surface area contributed by atoms with E-state index in [9.17, 15) is 9.90 Å². The van der Waals surface area contributed by atoms with Crippen LogP contribution in [-0.2, 0) is 0 Å². The molecule has 158 valence electrons. The quantitative estimate of drug-likeness (QED) is 0.516. The maximum absolute atomic E-state index is 12.3. The van der Waals surface area contributed by atoms with Crippen molar-refractivity contribution in [2.75, 3.05) is 19.7 Å². The molecule has 2 aliphatic rings. The number of fused-ring (bicyclic) bond motifs is 2. The standard InChI is InChI=1S/C21H35N3O3S/c1-20(2,3)24-12-16(25)14-27-19-23-13-17(28-19)18(26)22-10-4-7-21-8-5-15(11-21)6-9-21/h13,15-16,24-25H,4-12,14H2,1-3H3,(H,22,26). The maximum atomic E-state index is 12.3. The van der Waals surface area contributed by atoms with Crippen molar-refractivity contribution in [3.05, 3.63) is 11.1 Å². The number of hydrogen-bond acceptors (Lipinski definition) is 6. The largest absolute Gasteiger partial charge is 0.467 e. The summed E-state index contributed by atoms with van der Waals surface area (Å²) in [6.07, 6.45) is 10.2. The number of nitrogens with zero attached hydrogens (tertiary/aromatic N) is 1. The number of ether oxygens (including phenoxy) is 1. The second-order valence-electron chi connectivity index (χ2n) is 9.59. The van der Waals surface area contributed by atoms with E-state index >= 15 is 0 Å². The van der Waals surface area contributed by atoms with Crippen LogP contribution in [0.5, 0.6) is 5.19 Å². The van der Waals surface area contributed by atoms with Crippen LogP contribution in [0.1, 0.15) is 75.4 Å². The Morgan fingerprint density at radius 1 is 1.43 bits per heavy atom. The number of aliphatic hydroxyl groups excluding tert-OH is 1. The van der Waals surface area contributed by atoms with Crippen LogP contribution >= 0.6 is 11.3 Å². The molecule has 1 heterocycles. The molecule has 2 bridgehead atoms. The van der Waals surface area contributed by atoms with Gasteiger partial charge in [0.15, 0.2) is 0 Å². The van der Waals surface area contributed by atoms with Crippen molar-refractivity contribution in [3.63, 3.8) is 0 Å². The third kappa shape index (κ3) is 6.16. The lowest BCUT2D eigenvalue weighted by molar-refractivity contribution is 0.0954. The molecule has 1 aromatic heterocycles. The van der Waals surface area contributed by atoms with Gasteiger partial charge in [-0.25, -0.2) is 4.98 Å². The number of thiazole rings is 1. The van der Waals surface area contributed by atoms with Gasteiger partial charge in [-0.05, 0) is 77.0 Å². The molecule has 0 saturated heterocycles. The van der Waals surface area contributed by atoms with E-state index in [1.165, 1.54) is 49.9 Å². The minimum Gasteiger partial charge on any atom is -0.467 e. The van der Waals surface area contributed by atoms with Crippen LogP contribution < -0.4 is 15.4 Å². The summed E-state index contributed by atoms with van der Waals surface area (Å²) in [5.41, 5.74) is 0.536. The van der Waals surface area contributed by atoms with Gasteiger partial charge in [-0.15, -0.1) is 0 Å². The third-order valence-electron chi connectivity index (χ3n) is 6.03. The summed E-state index contributed by atoms with van der Waals surface area (Å²) in [6.45, 7) is 7.46. The van der Waals surface area contributed by atoms with Crippen LogP contribution in [0, 0.1) is 11.3 Å². The van der Waals surface area contributed by atoms with Crippen molar-refractivity contribution in [3.8, 4) is 5.19 Å². The Morgan fingerprint density at radius 2 is 2.18 bits per heavy atom. The molecule has 0 aliphatic heterocycles. The first-order chi connectivity index (χ1) is 13.2. The molecule has 1 amide bonds. The number of rotatable bonds is 10. The van der Waals surface area contributed by atoms with E-state index in [4.69, 9.17) is 4.74 Å². The first-order valence-electron chi connectivity index (χ1n) is 10.5. The Labute approximate surface area is 172 Å². The summed E-state index contributed by atoms with van der Waals surface area (Å²) in [5, 5.41) is 16.6. The van der Waals surface area contributed by atoms with Crippen LogP contribution in [0.4, 0.5) is 0 Å². The normalized spacial score (nSPS) is 25.1. The Bertz CT molecular complexity index is 648. The minimum absolute atomic E-state index is 0.0513. The zero-order valence-corrected chi connectivity index (χ0v) is 18.2. The van der Waals surface area contributed by atoms with Gasteiger partial charge in [0, 0.05) is 18.6 Å². The first kappa shape index (κ1) is 21.5. The topological polar surface area (TPSA) is 83.5 Å². The van der Waals surface area contributed by atoms with Crippen molar-refractivity contribution >= 4 is 17.2 Å². The zero-order valence-electron chi connectivity index (χ0n) is 17.4. The molecule has 2 saturated carbocycles. The van der Waals surface area contributed by atoms with Gasteiger partial charge in [-0.2, -0.15) is 0 Å². The van der Waals surface area contributed by atoms with Crippen molar-refractivity contribution in [2.45, 2.75) is 77.4 Å². The van der Waals surface area contributed by atoms with E-state index in [2.05, 4.69) is 15.6 Å². The molecular formula is C21H35N3O3S. The van der Waals surface area contributed by atoms with E-state index in [0.29, 0.717) is 22.0 Å². The summed E-state index contributed by atoms with van der Waals surface area (Å²) in [4.78, 5) is 17.0. The Hall–Kier alpha value is -1.18. The molecular weight excluding hydrogens is 374 g/mol. The summed E-state index contributed by atoms with van der Waals surface area (Å²) < 4.78 is 5.53. The summed E-state index contributed by atoms with van der Waals surface area (Å²) in [5.74, 6) is 0.892. The lowest BCUT2D eigenvalue weighted by Gasteiger charge is -2.26. The second kappa shape index (κ2) is 9.09. The Kier molecular flexibility index (Phi) is 6.99. The monoisotopic (exact) mass is 409 g/mol. The van der Waals surface area contributed by atoms with E-state index < -0.39 is 6.10 Å². The van der Waals surface area contributed by atoms with Gasteiger partial charge < -0.3 is 20.5 Å². The fourth-order valence-corrected chi connectivity index (χ4v) is 5.19. The van der Waals surface area contributed by atoms with E-state index in [1.54, 1.807) is 6.20 Å². The number of hydrogen-bond donors (Lipinski definition) is 3. The molecule has 7 heteroatoms. The minimum atomic E-state index is -0.620. The molecule has 3 N–H and O–H groups in total. The average Bonchev–Trinajstić information content (AvgIpc) is 3.37. The highest BCUT2D eigenvalue weighted by Gasteiger charge is 2.43. The Morgan fingerprint density at radius 3 is 2.82 bits per heavy atom. The van der Waals surface area contributed by atoms with Crippen LogP contribution in [0.15, 0.2) is 6.20 Å². The predicted octanol–water partition coefficient (Wildman–Crippen LogP) is 3.36. The van der Waals surface area contributed by atoms with Crippen molar-refractivity contribution < 1.29 is 14.6 Å². The summed E-state index contributed by atoms with van der Waals surface area (Å²) in [7, 11) is 0. The molecule has 0 aromatic carbocycles. The fraction of sp³-hybridized carbons (Fsp3) is 0.810. The lowest BCUT2D eigenvalue weighted by Crippen LogP contribution is -2.42. The molecule has 0 radical (unpaired) electrons. The Balaban J connectivity index is 1.33. The number of carbonyl (C=O) groups is 1. The van der Waals surface area contributed by atoms with Crippen LogP contribution in [0.2, 0.25) is 0 Å². The lowest BCUT2D eigenvalue weighted by atomic mass is 9.80. The fourth-order valence-electron chi connectivity index (χ4n) is 4.50. The number of β-amino-alcohol motifs (C(OH)–C–C–N with tert-alkyl or cyclic N) is 1. The van der Waals surface area contributed by atoms with Gasteiger partial charge in [0.2, 0.25) is 0 Å². The SMILES string of the molecule is CC(C)(C)NCC(O)COc1ncc(C(=O)NCCCC23CCC(CC2)C3)s1. The number of nitrogens with one attached hydrogen (secondary N) is 2. The number of aromatic nitrogens is 1. The molecule has 2 fully saturated rings.